The Bertz CT molecular complexity index is 806. The molecule has 1 saturated carbocycles. The maximum absolute atomic E-state index is 12.2. The Kier molecular flexibility index (Phi) is 8.45. The molecule has 0 saturated heterocycles. The van der Waals surface area contributed by atoms with Crippen molar-refractivity contribution < 1.29 is 19.4 Å². The van der Waals surface area contributed by atoms with E-state index in [4.69, 9.17) is 4.74 Å². The SMILES string of the molecule is O=C(CCC/C=C\CC1=C(/C=C/[C@@H](O)COc2ccccc2)CCC1=O)NC1CC1. The van der Waals surface area contributed by atoms with Gasteiger partial charge in [0.25, 0.3) is 0 Å². The summed E-state index contributed by atoms with van der Waals surface area (Å²) in [6.45, 7) is 0.172. The lowest BCUT2D eigenvalue weighted by atomic mass is 10.1. The Morgan fingerprint density at radius 1 is 1.20 bits per heavy atom. The van der Waals surface area contributed by atoms with Crippen molar-refractivity contribution in [2.45, 2.75) is 63.5 Å². The van der Waals surface area contributed by atoms with Gasteiger partial charge >= 0.3 is 0 Å². The van der Waals surface area contributed by atoms with Crippen molar-refractivity contribution in [1.29, 1.82) is 0 Å². The zero-order valence-electron chi connectivity index (χ0n) is 17.4. The minimum Gasteiger partial charge on any atom is -0.491 e. The van der Waals surface area contributed by atoms with E-state index in [1.54, 1.807) is 6.08 Å². The number of hydrogen-bond acceptors (Lipinski definition) is 4. The van der Waals surface area contributed by atoms with Gasteiger partial charge in [0, 0.05) is 24.5 Å². The third kappa shape index (κ3) is 7.64. The topological polar surface area (TPSA) is 75.6 Å². The predicted octanol–water partition coefficient (Wildman–Crippen LogP) is 4.04. The van der Waals surface area contributed by atoms with Crippen molar-refractivity contribution in [3.8, 4) is 5.75 Å². The van der Waals surface area contributed by atoms with Gasteiger partial charge in [0.05, 0.1) is 0 Å². The number of amides is 1. The molecule has 1 amide bonds. The van der Waals surface area contributed by atoms with Crippen LogP contribution < -0.4 is 10.1 Å². The van der Waals surface area contributed by atoms with E-state index in [-0.39, 0.29) is 18.3 Å². The maximum Gasteiger partial charge on any atom is 0.220 e. The first-order valence-corrected chi connectivity index (χ1v) is 10.9. The number of ether oxygens (including phenoxy) is 1. The molecule has 0 spiro atoms. The highest BCUT2D eigenvalue weighted by atomic mass is 16.5. The zero-order chi connectivity index (χ0) is 21.2. The van der Waals surface area contributed by atoms with Gasteiger partial charge in [-0.15, -0.1) is 0 Å². The second-order valence-corrected chi connectivity index (χ2v) is 7.89. The van der Waals surface area contributed by atoms with Crippen LogP contribution in [0.3, 0.4) is 0 Å². The van der Waals surface area contributed by atoms with Gasteiger partial charge in [-0.2, -0.15) is 0 Å². The summed E-state index contributed by atoms with van der Waals surface area (Å²) >= 11 is 0. The minimum absolute atomic E-state index is 0.141. The second kappa shape index (κ2) is 11.5. The van der Waals surface area contributed by atoms with Crippen LogP contribution in [0.15, 0.2) is 65.8 Å². The number of para-hydroxylation sites is 1. The van der Waals surface area contributed by atoms with Gasteiger partial charge in [-0.25, -0.2) is 0 Å². The monoisotopic (exact) mass is 409 g/mol. The number of hydrogen-bond donors (Lipinski definition) is 2. The lowest BCUT2D eigenvalue weighted by molar-refractivity contribution is -0.121. The van der Waals surface area contributed by atoms with Gasteiger partial charge in [0.1, 0.15) is 18.5 Å². The Morgan fingerprint density at radius 3 is 2.77 bits per heavy atom. The van der Waals surface area contributed by atoms with Gasteiger partial charge in [0.2, 0.25) is 5.91 Å². The highest BCUT2D eigenvalue weighted by molar-refractivity contribution is 5.99. The van der Waals surface area contributed by atoms with E-state index in [9.17, 15) is 14.7 Å². The van der Waals surface area contributed by atoms with Crippen LogP contribution in [0.1, 0.15) is 51.4 Å². The Balaban J connectivity index is 1.40. The molecule has 30 heavy (non-hydrogen) atoms. The number of Topliss-reactive ketones (excluding diaryl/α,β-unsaturated/α-hetero) is 1. The number of carbonyl (C=O) groups is 2. The smallest absolute Gasteiger partial charge is 0.220 e. The lowest BCUT2D eigenvalue weighted by Crippen LogP contribution is -2.24. The van der Waals surface area contributed by atoms with E-state index in [0.717, 1.165) is 42.6 Å². The average molecular weight is 410 g/mol. The van der Waals surface area contributed by atoms with Gasteiger partial charge in [-0.05, 0) is 56.2 Å². The summed E-state index contributed by atoms with van der Waals surface area (Å²) in [6.07, 6.45) is 13.2. The third-order valence-corrected chi connectivity index (χ3v) is 5.23. The largest absolute Gasteiger partial charge is 0.491 e. The second-order valence-electron chi connectivity index (χ2n) is 7.89. The van der Waals surface area contributed by atoms with Crippen molar-refractivity contribution in [3.63, 3.8) is 0 Å². The molecule has 5 nitrogen and oxygen atoms in total. The molecule has 0 radical (unpaired) electrons. The predicted molar refractivity (Wildman–Crippen MR) is 117 cm³/mol. The number of ketones is 1. The number of rotatable bonds is 12. The molecule has 5 heteroatoms. The van der Waals surface area contributed by atoms with Crippen LogP contribution in [0.5, 0.6) is 5.75 Å². The molecule has 0 unspecified atom stereocenters. The fraction of sp³-hybridized carbons (Fsp3) is 0.440. The highest BCUT2D eigenvalue weighted by Crippen LogP contribution is 2.27. The molecule has 0 heterocycles. The van der Waals surface area contributed by atoms with E-state index >= 15 is 0 Å². The van der Waals surface area contributed by atoms with Crippen molar-refractivity contribution in [2.24, 2.45) is 0 Å². The van der Waals surface area contributed by atoms with Crippen molar-refractivity contribution in [2.75, 3.05) is 6.61 Å². The Labute approximate surface area is 178 Å². The molecule has 1 aromatic carbocycles. The van der Waals surface area contributed by atoms with Crippen LogP contribution in [-0.4, -0.2) is 35.5 Å². The molecule has 0 bridgehead atoms. The van der Waals surface area contributed by atoms with E-state index in [0.29, 0.717) is 31.7 Å². The summed E-state index contributed by atoms with van der Waals surface area (Å²) in [6, 6.07) is 9.79. The van der Waals surface area contributed by atoms with Crippen molar-refractivity contribution in [3.05, 3.63) is 65.8 Å². The summed E-state index contributed by atoms with van der Waals surface area (Å²) in [5.41, 5.74) is 1.82. The van der Waals surface area contributed by atoms with E-state index < -0.39 is 6.10 Å². The number of nitrogens with one attached hydrogen (secondary N) is 1. The summed E-state index contributed by atoms with van der Waals surface area (Å²) in [5.74, 6) is 1.04. The van der Waals surface area contributed by atoms with E-state index in [2.05, 4.69) is 5.32 Å². The number of carbonyl (C=O) groups excluding carboxylic acids is 2. The molecule has 1 fully saturated rings. The zero-order valence-corrected chi connectivity index (χ0v) is 17.4. The molecule has 0 aliphatic heterocycles. The van der Waals surface area contributed by atoms with Gasteiger partial charge in [0.15, 0.2) is 5.78 Å². The van der Waals surface area contributed by atoms with E-state index in [1.807, 2.05) is 48.6 Å². The minimum atomic E-state index is -0.730. The summed E-state index contributed by atoms with van der Waals surface area (Å²) in [7, 11) is 0. The molecule has 0 aromatic heterocycles. The summed E-state index contributed by atoms with van der Waals surface area (Å²) in [5, 5.41) is 13.1. The highest BCUT2D eigenvalue weighted by Gasteiger charge is 2.22. The molecule has 2 aliphatic carbocycles. The normalized spacial score (nSPS) is 17.8. The lowest BCUT2D eigenvalue weighted by Gasteiger charge is -2.09. The van der Waals surface area contributed by atoms with Crippen molar-refractivity contribution in [1.82, 2.24) is 5.32 Å². The van der Waals surface area contributed by atoms with Gasteiger partial charge in [-0.3, -0.25) is 9.59 Å². The van der Waals surface area contributed by atoms with E-state index in [1.165, 1.54) is 0 Å². The first kappa shape index (κ1) is 22.0. The molecule has 1 aromatic rings. The molecule has 3 rings (SSSR count). The van der Waals surface area contributed by atoms with Crippen LogP contribution in [0, 0.1) is 0 Å². The van der Waals surface area contributed by atoms with Crippen LogP contribution in [0.2, 0.25) is 0 Å². The quantitative estimate of drug-likeness (QED) is 0.404. The number of benzene rings is 1. The molecule has 1 atom stereocenters. The molecule has 2 N–H and O–H groups in total. The summed E-state index contributed by atoms with van der Waals surface area (Å²) < 4.78 is 5.55. The average Bonchev–Trinajstić information content (AvgIpc) is 3.50. The first-order valence-electron chi connectivity index (χ1n) is 10.9. The fourth-order valence-corrected chi connectivity index (χ4v) is 3.37. The molecular weight excluding hydrogens is 378 g/mol. The standard InChI is InChI=1S/C25H31NO4/c27-21(18-30-22-8-4-3-5-9-22)16-12-19-13-17-24(28)23(19)10-6-1-2-7-11-25(29)26-20-14-15-20/h1,3-6,8-9,12,16,20-21,27H,2,7,10-11,13-15,17-18H2,(H,26,29)/b6-1-,16-12+/t21-/m1/s1. The maximum atomic E-state index is 12.2. The number of aliphatic hydroxyl groups is 1. The summed E-state index contributed by atoms with van der Waals surface area (Å²) in [4.78, 5) is 23.8. The van der Waals surface area contributed by atoms with Crippen LogP contribution >= 0.6 is 0 Å². The Hall–Kier alpha value is -2.66. The molecule has 2 aliphatic rings. The molecule has 160 valence electrons. The number of aliphatic hydroxyl groups excluding tert-OH is 1. The first-order chi connectivity index (χ1) is 14.6. The van der Waals surface area contributed by atoms with Gasteiger partial charge < -0.3 is 15.2 Å². The third-order valence-electron chi connectivity index (χ3n) is 5.23. The number of allylic oxidation sites excluding steroid dienone is 5. The number of unbranched alkanes of at least 4 members (excludes halogenated alkanes) is 1. The fourth-order valence-electron chi connectivity index (χ4n) is 3.37. The van der Waals surface area contributed by atoms with Crippen molar-refractivity contribution >= 4 is 11.7 Å². The molecular formula is C25H31NO4. The van der Waals surface area contributed by atoms with Crippen LogP contribution in [0.4, 0.5) is 0 Å². The van der Waals surface area contributed by atoms with Crippen LogP contribution in [0.25, 0.3) is 0 Å². The Morgan fingerprint density at radius 2 is 2.00 bits per heavy atom. The van der Waals surface area contributed by atoms with Gasteiger partial charge in [-0.1, -0.05) is 42.5 Å². The van der Waals surface area contributed by atoms with Crippen LogP contribution in [-0.2, 0) is 9.59 Å².